The van der Waals surface area contributed by atoms with Crippen LogP contribution in [0.15, 0.2) is 12.1 Å². The number of carbonyl (C=O) groups is 2. The van der Waals surface area contributed by atoms with Gasteiger partial charge < -0.3 is 15.3 Å². The Hall–Kier alpha value is -2.18. The molecule has 2 N–H and O–H groups in total. The van der Waals surface area contributed by atoms with Crippen molar-refractivity contribution in [3.63, 3.8) is 0 Å². The number of hydrogen-bond donors (Lipinski definition) is 2. The number of halogens is 2. The van der Waals surface area contributed by atoms with Crippen LogP contribution >= 0.6 is 0 Å². The van der Waals surface area contributed by atoms with Gasteiger partial charge >= 0.3 is 12.0 Å². The number of amides is 2. The molecular formula is C15H18F2N2O3. The first-order chi connectivity index (χ1) is 10.4. The van der Waals surface area contributed by atoms with E-state index in [4.69, 9.17) is 5.11 Å². The lowest BCUT2D eigenvalue weighted by Crippen LogP contribution is -2.41. The molecule has 22 heavy (non-hydrogen) atoms. The minimum absolute atomic E-state index is 0.0677. The molecule has 0 saturated heterocycles. The lowest BCUT2D eigenvalue weighted by Gasteiger charge is -2.28. The lowest BCUT2D eigenvalue weighted by atomic mass is 9.87. The summed E-state index contributed by atoms with van der Waals surface area (Å²) in [7, 11) is 1.48. The normalized spacial score (nSPS) is 16.8. The van der Waals surface area contributed by atoms with Crippen molar-refractivity contribution in [3.8, 4) is 0 Å². The molecule has 2 amide bonds. The molecule has 7 heteroatoms. The van der Waals surface area contributed by atoms with Gasteiger partial charge in [-0.1, -0.05) is 0 Å². The predicted octanol–water partition coefficient (Wildman–Crippen LogP) is 2.46. The fraction of sp³-hybridized carbons (Fsp3) is 0.467. The highest BCUT2D eigenvalue weighted by Crippen LogP contribution is 2.32. The second-order valence-electron chi connectivity index (χ2n) is 5.41. The van der Waals surface area contributed by atoms with Gasteiger partial charge in [0.25, 0.3) is 0 Å². The van der Waals surface area contributed by atoms with E-state index in [1.807, 2.05) is 0 Å². The maximum absolute atomic E-state index is 13.8. The Labute approximate surface area is 126 Å². The Bertz CT molecular complexity index is 592. The topological polar surface area (TPSA) is 69.6 Å². The number of carboxylic acids is 1. The summed E-state index contributed by atoms with van der Waals surface area (Å²) in [6, 6.07) is 1.18. The van der Waals surface area contributed by atoms with Crippen LogP contribution in [0.25, 0.3) is 0 Å². The summed E-state index contributed by atoms with van der Waals surface area (Å²) >= 11 is 0. The first kappa shape index (κ1) is 16.2. The maximum Gasteiger partial charge on any atom is 0.317 e. The predicted molar refractivity (Wildman–Crippen MR) is 75.5 cm³/mol. The van der Waals surface area contributed by atoms with Gasteiger partial charge in [-0.3, -0.25) is 4.79 Å². The maximum atomic E-state index is 13.8. The van der Waals surface area contributed by atoms with Crippen LogP contribution in [0.2, 0.25) is 0 Å². The van der Waals surface area contributed by atoms with Crippen LogP contribution in [0.1, 0.15) is 36.4 Å². The average molecular weight is 312 g/mol. The quantitative estimate of drug-likeness (QED) is 0.897. The van der Waals surface area contributed by atoms with Gasteiger partial charge in [0.2, 0.25) is 0 Å². The summed E-state index contributed by atoms with van der Waals surface area (Å²) < 4.78 is 27.2. The van der Waals surface area contributed by atoms with E-state index in [9.17, 15) is 18.4 Å². The van der Waals surface area contributed by atoms with Crippen LogP contribution in [-0.2, 0) is 11.2 Å². The van der Waals surface area contributed by atoms with Gasteiger partial charge in [0.1, 0.15) is 11.6 Å². The third-order valence-corrected chi connectivity index (χ3v) is 3.80. The number of benzene rings is 1. The Morgan fingerprint density at radius 3 is 2.82 bits per heavy atom. The molecule has 0 heterocycles. The van der Waals surface area contributed by atoms with E-state index < -0.39 is 29.7 Å². The van der Waals surface area contributed by atoms with Gasteiger partial charge in [-0.15, -0.1) is 0 Å². The standard InChI is InChI=1S/C15H18F2N2O3/c1-19(6-5-14(20)21)15(22)18-13-4-2-3-10-11(13)7-9(16)8-12(10)17/h7-8,13H,2-6H2,1H3,(H,18,22)(H,20,21)/t13-/m0/s1. The van der Waals surface area contributed by atoms with E-state index in [0.717, 1.165) is 6.07 Å². The smallest absolute Gasteiger partial charge is 0.317 e. The highest BCUT2D eigenvalue weighted by atomic mass is 19.1. The van der Waals surface area contributed by atoms with Crippen molar-refractivity contribution >= 4 is 12.0 Å². The second-order valence-corrected chi connectivity index (χ2v) is 5.41. The van der Waals surface area contributed by atoms with Crippen molar-refractivity contribution in [1.82, 2.24) is 10.2 Å². The van der Waals surface area contributed by atoms with Gasteiger partial charge in [0.05, 0.1) is 12.5 Å². The van der Waals surface area contributed by atoms with Crippen LogP contribution in [0.5, 0.6) is 0 Å². The van der Waals surface area contributed by atoms with E-state index >= 15 is 0 Å². The zero-order valence-electron chi connectivity index (χ0n) is 12.2. The number of nitrogens with one attached hydrogen (secondary N) is 1. The summed E-state index contributed by atoms with van der Waals surface area (Å²) in [6.45, 7) is 0.0677. The number of carboxylic acid groups (broad SMARTS) is 1. The van der Waals surface area contributed by atoms with E-state index in [-0.39, 0.29) is 13.0 Å². The van der Waals surface area contributed by atoms with Gasteiger partial charge in [-0.2, -0.15) is 0 Å². The summed E-state index contributed by atoms with van der Waals surface area (Å²) in [4.78, 5) is 23.8. The molecule has 2 rings (SSSR count). The molecule has 0 radical (unpaired) electrons. The summed E-state index contributed by atoms with van der Waals surface area (Å²) in [6.07, 6.45) is 1.64. The fourth-order valence-electron chi connectivity index (χ4n) is 2.61. The van der Waals surface area contributed by atoms with Crippen LogP contribution in [0, 0.1) is 11.6 Å². The van der Waals surface area contributed by atoms with Crippen molar-refractivity contribution in [2.24, 2.45) is 0 Å². The van der Waals surface area contributed by atoms with E-state index in [0.29, 0.717) is 30.4 Å². The summed E-state index contributed by atoms with van der Waals surface area (Å²) in [5.74, 6) is -2.25. The molecule has 1 atom stereocenters. The first-order valence-corrected chi connectivity index (χ1v) is 7.09. The molecule has 120 valence electrons. The number of hydrogen-bond acceptors (Lipinski definition) is 2. The number of fused-ring (bicyclic) bond motifs is 1. The van der Waals surface area contributed by atoms with Gasteiger partial charge in [0.15, 0.2) is 0 Å². The molecule has 1 aromatic rings. The largest absolute Gasteiger partial charge is 0.481 e. The Morgan fingerprint density at radius 1 is 1.41 bits per heavy atom. The van der Waals surface area contributed by atoms with E-state index in [1.165, 1.54) is 18.0 Å². The SMILES string of the molecule is CN(CCC(=O)O)C(=O)N[C@H]1CCCc2c(F)cc(F)cc21. The van der Waals surface area contributed by atoms with Crippen molar-refractivity contribution in [2.45, 2.75) is 31.7 Å². The third kappa shape index (κ3) is 3.72. The van der Waals surface area contributed by atoms with Gasteiger partial charge in [-0.05, 0) is 36.5 Å². The van der Waals surface area contributed by atoms with Crippen LogP contribution in [-0.4, -0.2) is 35.6 Å². The van der Waals surface area contributed by atoms with Crippen molar-refractivity contribution in [2.75, 3.05) is 13.6 Å². The molecule has 0 fully saturated rings. The Morgan fingerprint density at radius 2 is 2.14 bits per heavy atom. The number of rotatable bonds is 4. The molecule has 0 saturated carbocycles. The highest BCUT2D eigenvalue weighted by Gasteiger charge is 2.26. The highest BCUT2D eigenvalue weighted by molar-refractivity contribution is 5.75. The molecule has 1 aromatic carbocycles. The van der Waals surface area contributed by atoms with Crippen LogP contribution < -0.4 is 5.32 Å². The van der Waals surface area contributed by atoms with E-state index in [1.54, 1.807) is 0 Å². The monoisotopic (exact) mass is 312 g/mol. The van der Waals surface area contributed by atoms with Crippen molar-refractivity contribution < 1.29 is 23.5 Å². The molecule has 1 aliphatic rings. The van der Waals surface area contributed by atoms with Crippen LogP contribution in [0.3, 0.4) is 0 Å². The van der Waals surface area contributed by atoms with Crippen molar-refractivity contribution in [3.05, 3.63) is 34.9 Å². The summed E-state index contributed by atoms with van der Waals surface area (Å²) in [5, 5.41) is 11.3. The molecule has 0 bridgehead atoms. The van der Waals surface area contributed by atoms with E-state index in [2.05, 4.69) is 5.32 Å². The second kappa shape index (κ2) is 6.72. The first-order valence-electron chi connectivity index (χ1n) is 7.09. The Kier molecular flexibility index (Phi) is 4.95. The van der Waals surface area contributed by atoms with Gasteiger partial charge in [0, 0.05) is 19.7 Å². The number of carbonyl (C=O) groups excluding carboxylic acids is 1. The Balaban J connectivity index is 2.09. The third-order valence-electron chi connectivity index (χ3n) is 3.80. The molecule has 0 aromatic heterocycles. The molecular weight excluding hydrogens is 294 g/mol. The fourth-order valence-corrected chi connectivity index (χ4v) is 2.61. The summed E-state index contributed by atoms with van der Waals surface area (Å²) in [5.41, 5.74) is 0.898. The number of nitrogens with zero attached hydrogens (tertiary/aromatic N) is 1. The van der Waals surface area contributed by atoms with Gasteiger partial charge in [-0.25, -0.2) is 13.6 Å². The number of urea groups is 1. The zero-order chi connectivity index (χ0) is 16.3. The number of aliphatic carboxylic acids is 1. The zero-order valence-corrected chi connectivity index (χ0v) is 12.2. The molecule has 5 nitrogen and oxygen atoms in total. The minimum Gasteiger partial charge on any atom is -0.481 e. The van der Waals surface area contributed by atoms with Crippen LogP contribution in [0.4, 0.5) is 13.6 Å². The molecule has 0 spiro atoms. The molecule has 1 aliphatic carbocycles. The average Bonchev–Trinajstić information content (AvgIpc) is 2.45. The molecule has 0 unspecified atom stereocenters. The minimum atomic E-state index is -0.994. The molecule has 0 aliphatic heterocycles. The van der Waals surface area contributed by atoms with Crippen molar-refractivity contribution in [1.29, 1.82) is 0 Å². The lowest BCUT2D eigenvalue weighted by molar-refractivity contribution is -0.137.